The molecule has 224 valence electrons. The number of aromatic nitrogens is 3. The van der Waals surface area contributed by atoms with Crippen LogP contribution in [0, 0.1) is 5.92 Å². The molecule has 0 unspecified atom stereocenters. The molecule has 3 aromatic rings. The number of nitrogens with zero attached hydrogens (tertiary/aromatic N) is 4. The van der Waals surface area contributed by atoms with E-state index in [-0.39, 0.29) is 30.1 Å². The highest BCUT2D eigenvalue weighted by molar-refractivity contribution is 6.32. The molecule has 0 spiro atoms. The molecule has 0 fully saturated rings. The van der Waals surface area contributed by atoms with Crippen LogP contribution in [0.4, 0.5) is 0 Å². The molecule has 2 aromatic carbocycles. The molecule has 2 atom stereocenters. The normalized spacial score (nSPS) is 18.6. The first-order valence-corrected chi connectivity index (χ1v) is 14.9. The standard InChI is InChI=1S/C31H39ClN6O4/c1-5-42-26-14-13-23(19-24(26)32)31(41)37-15-9-12-27(39)34-25(18-20(2)3)30(40)33-21(4)29-35-28(36-38(29)17-16-37)22-10-7-6-8-11-22/h6-8,10-11,13-14,19-21,25H,5,9,12,15-18H2,1-4H3,(H,33,40)(H,34,39)/t21-,25-/m1/s1. The summed E-state index contributed by atoms with van der Waals surface area (Å²) in [4.78, 5) is 46.3. The predicted octanol–water partition coefficient (Wildman–Crippen LogP) is 4.64. The molecule has 1 aromatic heterocycles. The van der Waals surface area contributed by atoms with Crippen molar-refractivity contribution < 1.29 is 19.1 Å². The Labute approximate surface area is 251 Å². The van der Waals surface area contributed by atoms with Crippen molar-refractivity contribution in [3.05, 3.63) is 64.9 Å². The number of rotatable bonds is 6. The molecule has 0 saturated heterocycles. The van der Waals surface area contributed by atoms with Crippen LogP contribution >= 0.6 is 11.6 Å². The number of ether oxygens (including phenoxy) is 1. The summed E-state index contributed by atoms with van der Waals surface area (Å²) in [5, 5.41) is 11.1. The average molecular weight is 595 g/mol. The highest BCUT2D eigenvalue weighted by atomic mass is 35.5. The molecule has 10 nitrogen and oxygen atoms in total. The van der Waals surface area contributed by atoms with Crippen molar-refractivity contribution in [3.63, 3.8) is 0 Å². The Kier molecular flexibility index (Phi) is 10.6. The molecule has 1 aliphatic heterocycles. The number of carbonyl (C=O) groups excluding carboxylic acids is 3. The lowest BCUT2D eigenvalue weighted by Crippen LogP contribution is -2.48. The van der Waals surface area contributed by atoms with Gasteiger partial charge in [-0.15, -0.1) is 0 Å². The second kappa shape index (κ2) is 14.3. The number of carbonyl (C=O) groups is 3. The first-order chi connectivity index (χ1) is 20.2. The van der Waals surface area contributed by atoms with Gasteiger partial charge in [0.1, 0.15) is 17.6 Å². The molecule has 2 heterocycles. The summed E-state index contributed by atoms with van der Waals surface area (Å²) in [6.45, 7) is 9.18. The van der Waals surface area contributed by atoms with Crippen molar-refractivity contribution in [1.82, 2.24) is 30.3 Å². The van der Waals surface area contributed by atoms with Crippen LogP contribution in [0.1, 0.15) is 69.2 Å². The number of halogens is 1. The number of amides is 3. The number of benzene rings is 2. The fraction of sp³-hybridized carbons (Fsp3) is 0.452. The minimum atomic E-state index is -0.684. The highest BCUT2D eigenvalue weighted by Gasteiger charge is 2.27. The van der Waals surface area contributed by atoms with Crippen LogP contribution in [0.15, 0.2) is 48.5 Å². The van der Waals surface area contributed by atoms with Crippen molar-refractivity contribution in [2.24, 2.45) is 5.92 Å². The van der Waals surface area contributed by atoms with Crippen LogP contribution in [-0.2, 0) is 16.1 Å². The summed E-state index contributed by atoms with van der Waals surface area (Å²) in [5.41, 5.74) is 1.27. The third kappa shape index (κ3) is 7.88. The molecular formula is C31H39ClN6O4. The molecule has 11 heteroatoms. The fourth-order valence-corrected chi connectivity index (χ4v) is 5.18. The van der Waals surface area contributed by atoms with E-state index in [4.69, 9.17) is 26.4 Å². The molecule has 0 aliphatic carbocycles. The van der Waals surface area contributed by atoms with Gasteiger partial charge in [0.25, 0.3) is 5.91 Å². The van der Waals surface area contributed by atoms with Gasteiger partial charge < -0.3 is 20.3 Å². The first kappa shape index (κ1) is 31.0. The molecular weight excluding hydrogens is 556 g/mol. The number of hydrogen-bond acceptors (Lipinski definition) is 6. The lowest BCUT2D eigenvalue weighted by molar-refractivity contribution is -0.129. The van der Waals surface area contributed by atoms with Gasteiger partial charge in [-0.05, 0) is 50.8 Å². The van der Waals surface area contributed by atoms with Gasteiger partial charge in [-0.2, -0.15) is 5.10 Å². The smallest absolute Gasteiger partial charge is 0.253 e. The Morgan fingerprint density at radius 1 is 1.10 bits per heavy atom. The zero-order valence-corrected chi connectivity index (χ0v) is 25.4. The van der Waals surface area contributed by atoms with Crippen molar-refractivity contribution >= 4 is 29.3 Å². The minimum absolute atomic E-state index is 0.179. The van der Waals surface area contributed by atoms with E-state index in [1.807, 2.05) is 58.0 Å². The van der Waals surface area contributed by atoms with Crippen molar-refractivity contribution in [1.29, 1.82) is 0 Å². The van der Waals surface area contributed by atoms with Crippen LogP contribution in [0.2, 0.25) is 5.02 Å². The second-order valence-electron chi connectivity index (χ2n) is 10.8. The summed E-state index contributed by atoms with van der Waals surface area (Å²) in [5.74, 6) is 1.09. The van der Waals surface area contributed by atoms with Crippen LogP contribution in [0.3, 0.4) is 0 Å². The van der Waals surface area contributed by atoms with E-state index in [0.717, 1.165) is 5.56 Å². The highest BCUT2D eigenvalue weighted by Crippen LogP contribution is 2.26. The third-order valence-electron chi connectivity index (χ3n) is 7.02. The van der Waals surface area contributed by atoms with Gasteiger partial charge in [-0.25, -0.2) is 9.67 Å². The minimum Gasteiger partial charge on any atom is -0.492 e. The number of hydrogen-bond donors (Lipinski definition) is 2. The van der Waals surface area contributed by atoms with Crippen LogP contribution < -0.4 is 15.4 Å². The largest absolute Gasteiger partial charge is 0.492 e. The lowest BCUT2D eigenvalue weighted by Gasteiger charge is -2.26. The maximum atomic E-state index is 13.7. The van der Waals surface area contributed by atoms with E-state index in [2.05, 4.69) is 10.6 Å². The first-order valence-electron chi connectivity index (χ1n) is 14.5. The summed E-state index contributed by atoms with van der Waals surface area (Å²) in [6.07, 6.45) is 1.10. The van der Waals surface area contributed by atoms with Crippen molar-refractivity contribution in [2.45, 2.75) is 65.6 Å². The molecule has 4 rings (SSSR count). The maximum Gasteiger partial charge on any atom is 0.253 e. The fourth-order valence-electron chi connectivity index (χ4n) is 4.95. The summed E-state index contributed by atoms with van der Waals surface area (Å²) in [7, 11) is 0. The van der Waals surface area contributed by atoms with Crippen LogP contribution in [0.25, 0.3) is 11.4 Å². The Morgan fingerprint density at radius 2 is 1.86 bits per heavy atom. The van der Waals surface area contributed by atoms with Gasteiger partial charge in [-0.1, -0.05) is 55.8 Å². The molecule has 42 heavy (non-hydrogen) atoms. The summed E-state index contributed by atoms with van der Waals surface area (Å²) in [6, 6.07) is 13.4. The Morgan fingerprint density at radius 3 is 2.55 bits per heavy atom. The topological polar surface area (TPSA) is 118 Å². The Hall–Kier alpha value is -3.92. The van der Waals surface area contributed by atoms with Crippen molar-refractivity contribution in [2.75, 3.05) is 19.7 Å². The average Bonchev–Trinajstić information content (AvgIpc) is 3.39. The maximum absolute atomic E-state index is 13.7. The van der Waals surface area contributed by atoms with Gasteiger partial charge >= 0.3 is 0 Å². The van der Waals surface area contributed by atoms with E-state index in [1.54, 1.807) is 27.8 Å². The van der Waals surface area contributed by atoms with Crippen LogP contribution in [-0.4, -0.2) is 63.1 Å². The third-order valence-corrected chi connectivity index (χ3v) is 7.31. The molecule has 0 bridgehead atoms. The second-order valence-corrected chi connectivity index (χ2v) is 11.2. The number of nitrogens with one attached hydrogen (secondary N) is 2. The lowest BCUT2D eigenvalue weighted by atomic mass is 10.0. The van der Waals surface area contributed by atoms with Gasteiger partial charge in [0.05, 0.1) is 24.2 Å². The van der Waals surface area contributed by atoms with E-state index in [0.29, 0.717) is 67.1 Å². The molecule has 2 N–H and O–H groups in total. The summed E-state index contributed by atoms with van der Waals surface area (Å²) >= 11 is 6.39. The van der Waals surface area contributed by atoms with E-state index in [9.17, 15) is 14.4 Å². The van der Waals surface area contributed by atoms with E-state index in [1.165, 1.54) is 0 Å². The quantitative estimate of drug-likeness (QED) is 0.429. The van der Waals surface area contributed by atoms with Gasteiger partial charge in [-0.3, -0.25) is 14.4 Å². The Balaban J connectivity index is 1.67. The van der Waals surface area contributed by atoms with Gasteiger partial charge in [0.2, 0.25) is 11.8 Å². The van der Waals surface area contributed by atoms with Crippen LogP contribution in [0.5, 0.6) is 5.75 Å². The van der Waals surface area contributed by atoms with Gasteiger partial charge in [0, 0.05) is 30.6 Å². The van der Waals surface area contributed by atoms with Crippen molar-refractivity contribution in [3.8, 4) is 17.1 Å². The predicted molar refractivity (Wildman–Crippen MR) is 161 cm³/mol. The zero-order chi connectivity index (χ0) is 30.2. The van der Waals surface area contributed by atoms with E-state index < -0.39 is 12.1 Å². The zero-order valence-electron chi connectivity index (χ0n) is 24.6. The number of fused-ring (bicyclic) bond motifs is 1. The summed E-state index contributed by atoms with van der Waals surface area (Å²) < 4.78 is 7.27. The SMILES string of the molecule is CCOc1ccc(C(=O)N2CCCC(=O)N[C@H](CC(C)C)C(=O)N[C@H](C)c3nc(-c4ccccc4)nn3CC2)cc1Cl. The molecule has 3 amide bonds. The molecule has 0 radical (unpaired) electrons. The Bertz CT molecular complexity index is 1390. The monoisotopic (exact) mass is 594 g/mol. The van der Waals surface area contributed by atoms with E-state index >= 15 is 0 Å². The molecule has 1 aliphatic rings. The van der Waals surface area contributed by atoms with Gasteiger partial charge in [0.15, 0.2) is 5.82 Å². The molecule has 0 saturated carbocycles.